The Bertz CT molecular complexity index is 1080. The topological polar surface area (TPSA) is 98.1 Å². The standard InChI is InChI=1S/C21H27N7O2/c1-5-16(29)27-8-7-15(11-27)25-18-17-20(24-12-23-18)28(6-2)19(26-17)14-9-13(3)21(30-4)22-10-14/h9-10,12,15H,5-8,11H2,1-4H3,(H,23,24,25). The van der Waals surface area contributed by atoms with Gasteiger partial charge in [0.1, 0.15) is 12.2 Å². The van der Waals surface area contributed by atoms with Crippen LogP contribution in [0.5, 0.6) is 5.88 Å². The molecule has 9 heteroatoms. The molecule has 1 aliphatic rings. The van der Waals surface area contributed by atoms with Crippen LogP contribution in [0.4, 0.5) is 5.82 Å². The van der Waals surface area contributed by atoms with Gasteiger partial charge in [0.25, 0.3) is 0 Å². The summed E-state index contributed by atoms with van der Waals surface area (Å²) < 4.78 is 7.34. The van der Waals surface area contributed by atoms with E-state index in [4.69, 9.17) is 9.72 Å². The first-order chi connectivity index (χ1) is 14.5. The smallest absolute Gasteiger partial charge is 0.222 e. The highest BCUT2D eigenvalue weighted by molar-refractivity contribution is 5.86. The molecule has 9 nitrogen and oxygen atoms in total. The number of carbonyl (C=O) groups excluding carboxylic acids is 1. The maximum absolute atomic E-state index is 12.0. The third kappa shape index (κ3) is 3.55. The lowest BCUT2D eigenvalue weighted by Gasteiger charge is -2.16. The van der Waals surface area contributed by atoms with Gasteiger partial charge in [0.2, 0.25) is 11.8 Å². The van der Waals surface area contributed by atoms with Crippen LogP contribution in [0.25, 0.3) is 22.6 Å². The monoisotopic (exact) mass is 409 g/mol. The number of aryl methyl sites for hydroxylation is 2. The highest BCUT2D eigenvalue weighted by Crippen LogP contribution is 2.29. The highest BCUT2D eigenvalue weighted by Gasteiger charge is 2.27. The molecule has 4 rings (SSSR count). The number of hydrogen-bond donors (Lipinski definition) is 1. The van der Waals surface area contributed by atoms with Crippen molar-refractivity contribution in [1.29, 1.82) is 0 Å². The number of nitrogens with one attached hydrogen (secondary N) is 1. The minimum absolute atomic E-state index is 0.152. The summed E-state index contributed by atoms with van der Waals surface area (Å²) in [5, 5.41) is 3.48. The largest absolute Gasteiger partial charge is 0.481 e. The van der Waals surface area contributed by atoms with Gasteiger partial charge in [0.05, 0.1) is 7.11 Å². The fourth-order valence-electron chi connectivity index (χ4n) is 3.98. The predicted octanol–water partition coefficient (Wildman–Crippen LogP) is 2.65. The number of amides is 1. The Morgan fingerprint density at radius 2 is 2.13 bits per heavy atom. The molecular weight excluding hydrogens is 382 g/mol. The van der Waals surface area contributed by atoms with E-state index in [2.05, 4.69) is 31.8 Å². The van der Waals surface area contributed by atoms with Gasteiger partial charge in [0, 0.05) is 49.4 Å². The number of rotatable bonds is 6. The van der Waals surface area contributed by atoms with Crippen LogP contribution in [-0.4, -0.2) is 61.6 Å². The normalized spacial score (nSPS) is 16.3. The summed E-state index contributed by atoms with van der Waals surface area (Å²) in [5.74, 6) is 2.28. The molecule has 0 spiro atoms. The molecule has 158 valence electrons. The molecule has 3 aromatic rings. The zero-order chi connectivity index (χ0) is 21.3. The molecule has 1 amide bonds. The van der Waals surface area contributed by atoms with Crippen molar-refractivity contribution in [3.05, 3.63) is 24.2 Å². The Morgan fingerprint density at radius 1 is 1.30 bits per heavy atom. The molecule has 30 heavy (non-hydrogen) atoms. The van der Waals surface area contributed by atoms with Crippen molar-refractivity contribution in [2.45, 2.75) is 46.2 Å². The van der Waals surface area contributed by atoms with Gasteiger partial charge >= 0.3 is 0 Å². The summed E-state index contributed by atoms with van der Waals surface area (Å²) in [6.07, 6.45) is 4.75. The molecule has 1 atom stereocenters. The van der Waals surface area contributed by atoms with Crippen LogP contribution in [0.3, 0.4) is 0 Å². The molecule has 1 aliphatic heterocycles. The van der Waals surface area contributed by atoms with Crippen molar-refractivity contribution >= 4 is 22.9 Å². The summed E-state index contributed by atoms with van der Waals surface area (Å²) >= 11 is 0. The van der Waals surface area contributed by atoms with Crippen LogP contribution in [0.1, 0.15) is 32.3 Å². The van der Waals surface area contributed by atoms with Crippen LogP contribution in [0.2, 0.25) is 0 Å². The minimum Gasteiger partial charge on any atom is -0.481 e. The Labute approximate surface area is 175 Å². The zero-order valence-electron chi connectivity index (χ0n) is 17.8. The van der Waals surface area contributed by atoms with E-state index in [0.29, 0.717) is 24.7 Å². The maximum Gasteiger partial charge on any atom is 0.222 e. The molecule has 0 aliphatic carbocycles. The van der Waals surface area contributed by atoms with Gasteiger partial charge in [-0.1, -0.05) is 6.92 Å². The second-order valence-corrected chi connectivity index (χ2v) is 7.45. The number of hydrogen-bond acceptors (Lipinski definition) is 7. The van der Waals surface area contributed by atoms with E-state index in [1.165, 1.54) is 0 Å². The van der Waals surface area contributed by atoms with E-state index in [-0.39, 0.29) is 11.9 Å². The SMILES string of the molecule is CCC(=O)N1CCC(Nc2ncnc3c2nc(-c2cnc(OC)c(C)c2)n3CC)C1. The first-order valence-electron chi connectivity index (χ1n) is 10.3. The lowest BCUT2D eigenvalue weighted by molar-refractivity contribution is -0.129. The summed E-state index contributed by atoms with van der Waals surface area (Å²) in [6.45, 7) is 8.09. The van der Waals surface area contributed by atoms with Crippen LogP contribution in [0, 0.1) is 6.92 Å². The molecule has 1 fully saturated rings. The molecule has 0 radical (unpaired) electrons. The summed E-state index contributed by atoms with van der Waals surface area (Å²) in [4.78, 5) is 32.1. The number of methoxy groups -OCH3 is 1. The molecule has 0 bridgehead atoms. The number of carbonyl (C=O) groups is 1. The van der Waals surface area contributed by atoms with Crippen LogP contribution < -0.4 is 10.1 Å². The number of pyridine rings is 1. The second-order valence-electron chi connectivity index (χ2n) is 7.45. The predicted molar refractivity (Wildman–Crippen MR) is 114 cm³/mol. The second kappa shape index (κ2) is 8.25. The Kier molecular flexibility index (Phi) is 5.52. The van der Waals surface area contributed by atoms with E-state index < -0.39 is 0 Å². The van der Waals surface area contributed by atoms with Crippen molar-refractivity contribution in [1.82, 2.24) is 29.4 Å². The van der Waals surface area contributed by atoms with Crippen molar-refractivity contribution in [2.75, 3.05) is 25.5 Å². The molecule has 0 aromatic carbocycles. The fraction of sp³-hybridized carbons (Fsp3) is 0.476. The number of fused-ring (bicyclic) bond motifs is 1. The van der Waals surface area contributed by atoms with Gasteiger partial charge < -0.3 is 19.5 Å². The fourth-order valence-corrected chi connectivity index (χ4v) is 3.98. The van der Waals surface area contributed by atoms with Gasteiger partial charge in [0.15, 0.2) is 17.0 Å². The highest BCUT2D eigenvalue weighted by atomic mass is 16.5. The zero-order valence-corrected chi connectivity index (χ0v) is 17.8. The van der Waals surface area contributed by atoms with Crippen molar-refractivity contribution in [3.63, 3.8) is 0 Å². The summed E-state index contributed by atoms with van der Waals surface area (Å²) in [6, 6.07) is 2.17. The Balaban J connectivity index is 1.68. The van der Waals surface area contributed by atoms with E-state index in [9.17, 15) is 4.79 Å². The average molecular weight is 409 g/mol. The molecule has 1 saturated heterocycles. The molecule has 0 saturated carbocycles. The quantitative estimate of drug-likeness (QED) is 0.668. The van der Waals surface area contributed by atoms with Crippen LogP contribution in [0.15, 0.2) is 18.6 Å². The van der Waals surface area contributed by atoms with Crippen LogP contribution in [-0.2, 0) is 11.3 Å². The van der Waals surface area contributed by atoms with E-state index >= 15 is 0 Å². The number of nitrogens with zero attached hydrogens (tertiary/aromatic N) is 6. The molecule has 4 heterocycles. The van der Waals surface area contributed by atoms with Gasteiger partial charge in [-0.15, -0.1) is 0 Å². The third-order valence-corrected chi connectivity index (χ3v) is 5.51. The van der Waals surface area contributed by atoms with E-state index in [1.54, 1.807) is 19.6 Å². The van der Waals surface area contributed by atoms with E-state index in [1.807, 2.05) is 24.8 Å². The number of ether oxygens (including phenoxy) is 1. The van der Waals surface area contributed by atoms with Gasteiger partial charge in [-0.3, -0.25) is 4.79 Å². The van der Waals surface area contributed by atoms with Gasteiger partial charge in [-0.2, -0.15) is 0 Å². The number of anilines is 1. The molecule has 1 N–H and O–H groups in total. The van der Waals surface area contributed by atoms with Crippen molar-refractivity contribution < 1.29 is 9.53 Å². The summed E-state index contributed by atoms with van der Waals surface area (Å²) in [5.41, 5.74) is 3.35. The maximum atomic E-state index is 12.0. The Hall–Kier alpha value is -3.23. The lowest BCUT2D eigenvalue weighted by Crippen LogP contribution is -2.31. The van der Waals surface area contributed by atoms with Gasteiger partial charge in [-0.05, 0) is 26.3 Å². The van der Waals surface area contributed by atoms with Crippen LogP contribution >= 0.6 is 0 Å². The number of aromatic nitrogens is 5. The molecule has 1 unspecified atom stereocenters. The molecular formula is C21H27N7O2. The van der Waals surface area contributed by atoms with Crippen molar-refractivity contribution in [2.24, 2.45) is 0 Å². The average Bonchev–Trinajstić information content (AvgIpc) is 3.38. The number of likely N-dealkylation sites (tertiary alicyclic amines) is 1. The molecule has 3 aromatic heterocycles. The minimum atomic E-state index is 0.152. The lowest BCUT2D eigenvalue weighted by atomic mass is 10.2. The van der Waals surface area contributed by atoms with Gasteiger partial charge in [-0.25, -0.2) is 19.9 Å². The third-order valence-electron chi connectivity index (χ3n) is 5.51. The van der Waals surface area contributed by atoms with Crippen molar-refractivity contribution in [3.8, 4) is 17.3 Å². The summed E-state index contributed by atoms with van der Waals surface area (Å²) in [7, 11) is 1.61. The number of imidazole rings is 1. The Morgan fingerprint density at radius 3 is 2.83 bits per heavy atom. The first kappa shape index (κ1) is 20.1. The van der Waals surface area contributed by atoms with E-state index in [0.717, 1.165) is 47.6 Å². The first-order valence-corrected chi connectivity index (χ1v) is 10.3.